The summed E-state index contributed by atoms with van der Waals surface area (Å²) in [5, 5.41) is 0. The van der Waals surface area contributed by atoms with E-state index in [-0.39, 0.29) is 0 Å². The van der Waals surface area contributed by atoms with Crippen molar-refractivity contribution in [3.63, 3.8) is 0 Å². The van der Waals surface area contributed by atoms with Gasteiger partial charge in [0.1, 0.15) is 0 Å². The van der Waals surface area contributed by atoms with Crippen LogP contribution < -0.4 is 5.73 Å². The van der Waals surface area contributed by atoms with Crippen molar-refractivity contribution in [2.75, 3.05) is 0 Å². The summed E-state index contributed by atoms with van der Waals surface area (Å²) in [4.78, 5) is 0. The Morgan fingerprint density at radius 3 is 1.67 bits per heavy atom. The topological polar surface area (TPSA) is 26.0 Å². The molecule has 0 aromatic heterocycles. The molecular formula is C5H12N. The lowest BCUT2D eigenvalue weighted by Crippen LogP contribution is -2.10. The Labute approximate surface area is 39.5 Å². The highest BCUT2D eigenvalue weighted by Crippen LogP contribution is 2.01. The monoisotopic (exact) mass is 86.1 g/mol. The highest BCUT2D eigenvalue weighted by atomic mass is 14.6. The maximum atomic E-state index is 5.35. The van der Waals surface area contributed by atoms with Gasteiger partial charge >= 0.3 is 0 Å². The van der Waals surface area contributed by atoms with Crippen LogP contribution in [0.15, 0.2) is 0 Å². The molecule has 1 heteroatoms. The molecule has 6 heavy (non-hydrogen) atoms. The molecule has 0 spiro atoms. The molecule has 0 saturated heterocycles. The van der Waals surface area contributed by atoms with Crippen molar-refractivity contribution in [2.24, 2.45) is 11.7 Å². The van der Waals surface area contributed by atoms with Crippen LogP contribution in [0.25, 0.3) is 0 Å². The highest BCUT2D eigenvalue weighted by Gasteiger charge is 1.97. The van der Waals surface area contributed by atoms with Crippen molar-refractivity contribution in [1.82, 2.24) is 0 Å². The van der Waals surface area contributed by atoms with Crippen molar-refractivity contribution in [3.8, 4) is 0 Å². The molecule has 0 aliphatic rings. The molecule has 0 saturated carbocycles. The van der Waals surface area contributed by atoms with Crippen LogP contribution in [-0.2, 0) is 0 Å². The molecule has 0 aromatic rings. The third-order valence-electron chi connectivity index (χ3n) is 0.911. The molecule has 0 amide bonds. The number of nitrogens with two attached hydrogens (primary N) is 1. The molecule has 0 fully saturated rings. The molecule has 1 nitrogen and oxygen atoms in total. The Hall–Kier alpha value is -0.0400. The molecule has 0 unspecified atom stereocenters. The van der Waals surface area contributed by atoms with E-state index < -0.39 is 0 Å². The van der Waals surface area contributed by atoms with Crippen LogP contribution in [0.1, 0.15) is 20.8 Å². The fraction of sp³-hybridized carbons (Fsp3) is 0.800. The quantitative estimate of drug-likeness (QED) is 0.509. The van der Waals surface area contributed by atoms with Crippen LogP contribution in [0.3, 0.4) is 0 Å². The van der Waals surface area contributed by atoms with E-state index in [1.807, 2.05) is 6.92 Å². The van der Waals surface area contributed by atoms with E-state index in [1.54, 1.807) is 0 Å². The van der Waals surface area contributed by atoms with Gasteiger partial charge in [0.2, 0.25) is 0 Å². The first-order valence-corrected chi connectivity index (χ1v) is 2.23. The van der Waals surface area contributed by atoms with Gasteiger partial charge in [-0.05, 0) is 12.8 Å². The fourth-order valence-corrected chi connectivity index (χ4v) is 0. The van der Waals surface area contributed by atoms with E-state index in [4.69, 9.17) is 5.73 Å². The van der Waals surface area contributed by atoms with Gasteiger partial charge in [0.25, 0.3) is 0 Å². The highest BCUT2D eigenvalue weighted by molar-refractivity contribution is 4.77. The van der Waals surface area contributed by atoms with Crippen LogP contribution in [0, 0.1) is 12.0 Å². The third-order valence-corrected chi connectivity index (χ3v) is 0.911. The van der Waals surface area contributed by atoms with Gasteiger partial charge in [-0.3, -0.25) is 0 Å². The minimum atomic E-state index is 0.546. The molecule has 0 heterocycles. The van der Waals surface area contributed by atoms with Crippen LogP contribution in [0.4, 0.5) is 0 Å². The van der Waals surface area contributed by atoms with E-state index in [9.17, 15) is 0 Å². The molecule has 2 N–H and O–H groups in total. The Bertz CT molecular complexity index is 24.9. The summed E-state index contributed by atoms with van der Waals surface area (Å²) < 4.78 is 0. The number of hydrogen-bond donors (Lipinski definition) is 1. The van der Waals surface area contributed by atoms with Crippen molar-refractivity contribution < 1.29 is 0 Å². The summed E-state index contributed by atoms with van der Waals surface area (Å²) in [5.41, 5.74) is 5.35. The summed E-state index contributed by atoms with van der Waals surface area (Å²) in [6, 6.07) is 1.01. The van der Waals surface area contributed by atoms with Gasteiger partial charge in [0.15, 0.2) is 0 Å². The van der Waals surface area contributed by atoms with E-state index in [0.717, 1.165) is 6.04 Å². The predicted molar refractivity (Wildman–Crippen MR) is 27.9 cm³/mol. The molecule has 0 bridgehead atoms. The summed E-state index contributed by atoms with van der Waals surface area (Å²) >= 11 is 0. The fourth-order valence-electron chi connectivity index (χ4n) is 0. The molecule has 0 aliphatic carbocycles. The molecule has 0 atom stereocenters. The molecule has 0 rings (SSSR count). The maximum absolute atomic E-state index is 5.35. The second-order valence-electron chi connectivity index (χ2n) is 1.90. The van der Waals surface area contributed by atoms with Crippen molar-refractivity contribution in [3.05, 3.63) is 6.04 Å². The molecule has 0 aromatic carbocycles. The lowest BCUT2D eigenvalue weighted by Gasteiger charge is -2.04. The molecule has 37 valence electrons. The van der Waals surface area contributed by atoms with E-state index in [2.05, 4.69) is 13.8 Å². The molecule has 0 aliphatic heterocycles. The van der Waals surface area contributed by atoms with Crippen LogP contribution in [0.2, 0.25) is 0 Å². The minimum Gasteiger partial charge on any atom is -0.324 e. The van der Waals surface area contributed by atoms with Gasteiger partial charge in [0.05, 0.1) is 0 Å². The SMILES string of the molecule is C[C](N)C(C)C. The molecule has 1 radical (unpaired) electrons. The first kappa shape index (κ1) is 5.96. The zero-order chi connectivity index (χ0) is 5.15. The number of hydrogen-bond acceptors (Lipinski definition) is 1. The average Bonchev–Trinajstić information content (AvgIpc) is 1.36. The van der Waals surface area contributed by atoms with Gasteiger partial charge in [-0.2, -0.15) is 0 Å². The normalized spacial score (nSPS) is 11.0. The summed E-state index contributed by atoms with van der Waals surface area (Å²) in [5.74, 6) is 0.546. The van der Waals surface area contributed by atoms with E-state index in [1.165, 1.54) is 0 Å². The van der Waals surface area contributed by atoms with Crippen LogP contribution >= 0.6 is 0 Å². The predicted octanol–water partition coefficient (Wildman–Crippen LogP) is 1.15. The van der Waals surface area contributed by atoms with E-state index in [0.29, 0.717) is 5.92 Å². The van der Waals surface area contributed by atoms with Gasteiger partial charge in [-0.15, -0.1) is 0 Å². The summed E-state index contributed by atoms with van der Waals surface area (Å²) in [6.45, 7) is 6.09. The summed E-state index contributed by atoms with van der Waals surface area (Å²) in [6.07, 6.45) is 0. The van der Waals surface area contributed by atoms with Gasteiger partial charge in [-0.1, -0.05) is 13.8 Å². The second kappa shape index (κ2) is 2.19. The van der Waals surface area contributed by atoms with Gasteiger partial charge in [0, 0.05) is 6.04 Å². The smallest absolute Gasteiger partial charge is 0.0331 e. The second-order valence-corrected chi connectivity index (χ2v) is 1.90. The van der Waals surface area contributed by atoms with Crippen LogP contribution in [0.5, 0.6) is 0 Å². The van der Waals surface area contributed by atoms with Crippen molar-refractivity contribution in [1.29, 1.82) is 0 Å². The van der Waals surface area contributed by atoms with Gasteiger partial charge in [-0.25, -0.2) is 0 Å². The third kappa shape index (κ3) is 2.21. The Morgan fingerprint density at radius 2 is 1.67 bits per heavy atom. The molecular weight excluding hydrogens is 74.1 g/mol. The number of rotatable bonds is 1. The Balaban J connectivity index is 2.99. The average molecular weight is 86.2 g/mol. The first-order valence-electron chi connectivity index (χ1n) is 2.23. The van der Waals surface area contributed by atoms with Gasteiger partial charge < -0.3 is 5.73 Å². The minimum absolute atomic E-state index is 0.546. The zero-order valence-corrected chi connectivity index (χ0v) is 4.65. The van der Waals surface area contributed by atoms with Crippen LogP contribution in [-0.4, -0.2) is 0 Å². The first-order chi connectivity index (χ1) is 2.64. The Morgan fingerprint density at radius 1 is 1.50 bits per heavy atom. The van der Waals surface area contributed by atoms with E-state index >= 15 is 0 Å². The van der Waals surface area contributed by atoms with Crippen molar-refractivity contribution >= 4 is 0 Å². The largest absolute Gasteiger partial charge is 0.324 e. The standard InChI is InChI=1S/C5H12N/c1-4(2)5(3)6/h4H,6H2,1-3H3. The summed E-state index contributed by atoms with van der Waals surface area (Å²) in [7, 11) is 0. The zero-order valence-electron chi connectivity index (χ0n) is 4.65. The lowest BCUT2D eigenvalue weighted by atomic mass is 10.1. The maximum Gasteiger partial charge on any atom is 0.0331 e. The lowest BCUT2D eigenvalue weighted by molar-refractivity contribution is 0.653. The Kier molecular flexibility index (Phi) is 2.18. The van der Waals surface area contributed by atoms with Crippen molar-refractivity contribution in [2.45, 2.75) is 20.8 Å².